The van der Waals surface area contributed by atoms with Gasteiger partial charge in [-0.3, -0.25) is 4.79 Å². The van der Waals surface area contributed by atoms with E-state index in [4.69, 9.17) is 5.73 Å². The molecule has 0 rings (SSSR count). The monoisotopic (exact) mass is 219 g/mol. The Morgan fingerprint density at radius 1 is 1.50 bits per heavy atom. The fourth-order valence-corrected chi connectivity index (χ4v) is 2.51. The first-order chi connectivity index (χ1) is 6.63. The van der Waals surface area contributed by atoms with E-state index in [1.54, 1.807) is 0 Å². The van der Waals surface area contributed by atoms with Gasteiger partial charge in [-0.15, -0.1) is 11.8 Å². The molecule has 14 heavy (non-hydrogen) atoms. The smallest absolute Gasteiger partial charge is 0.319 e. The summed E-state index contributed by atoms with van der Waals surface area (Å²) in [6.45, 7) is 4.56. The molecule has 0 amide bonds. The molecule has 0 spiro atoms. The lowest BCUT2D eigenvalue weighted by Crippen LogP contribution is -2.35. The number of carboxylic acids is 1. The third kappa shape index (κ3) is 3.88. The van der Waals surface area contributed by atoms with Crippen LogP contribution in [0.5, 0.6) is 0 Å². The Kier molecular flexibility index (Phi) is 7.01. The van der Waals surface area contributed by atoms with Crippen molar-refractivity contribution in [1.29, 1.82) is 0 Å². The maximum Gasteiger partial charge on any atom is 0.319 e. The van der Waals surface area contributed by atoms with Crippen molar-refractivity contribution in [2.45, 2.75) is 44.3 Å². The second kappa shape index (κ2) is 7.12. The largest absolute Gasteiger partial charge is 0.480 e. The number of nitrogens with two attached hydrogens (primary N) is 1. The molecule has 0 aliphatic carbocycles. The summed E-state index contributed by atoms with van der Waals surface area (Å²) in [7, 11) is 0. The third-order valence-electron chi connectivity index (χ3n) is 2.39. The molecule has 0 aliphatic rings. The first-order valence-electron chi connectivity index (χ1n) is 5.20. The van der Waals surface area contributed by atoms with Gasteiger partial charge in [-0.25, -0.2) is 0 Å². The van der Waals surface area contributed by atoms with E-state index >= 15 is 0 Å². The van der Waals surface area contributed by atoms with Gasteiger partial charge < -0.3 is 10.8 Å². The van der Waals surface area contributed by atoms with Gasteiger partial charge in [0.2, 0.25) is 0 Å². The highest BCUT2D eigenvalue weighted by atomic mass is 32.2. The molecule has 3 nitrogen and oxygen atoms in total. The topological polar surface area (TPSA) is 63.3 Å². The molecule has 0 aromatic rings. The summed E-state index contributed by atoms with van der Waals surface area (Å²) in [6.07, 6.45) is 3.43. The van der Waals surface area contributed by atoms with Crippen LogP contribution in [0.3, 0.4) is 0 Å². The molecule has 0 aliphatic heterocycles. The van der Waals surface area contributed by atoms with E-state index in [0.29, 0.717) is 13.0 Å². The molecular weight excluding hydrogens is 198 g/mol. The molecule has 0 saturated heterocycles. The molecule has 0 aromatic heterocycles. The van der Waals surface area contributed by atoms with Gasteiger partial charge in [-0.05, 0) is 12.8 Å². The van der Waals surface area contributed by atoms with Crippen LogP contribution in [-0.4, -0.2) is 28.1 Å². The SMILES string of the molecule is CCCCC(CC)(SCCN)C(=O)O. The number of unbranched alkanes of at least 4 members (excludes halogenated alkanes) is 1. The summed E-state index contributed by atoms with van der Waals surface area (Å²) in [5.41, 5.74) is 5.41. The number of rotatable bonds is 8. The molecule has 0 saturated carbocycles. The van der Waals surface area contributed by atoms with Gasteiger partial charge in [-0.1, -0.05) is 26.7 Å². The minimum Gasteiger partial charge on any atom is -0.480 e. The third-order valence-corrected chi connectivity index (χ3v) is 4.05. The van der Waals surface area contributed by atoms with Crippen LogP contribution in [0.4, 0.5) is 0 Å². The lowest BCUT2D eigenvalue weighted by Gasteiger charge is -2.27. The van der Waals surface area contributed by atoms with Crippen LogP contribution in [0.2, 0.25) is 0 Å². The minimum atomic E-state index is -0.688. The first kappa shape index (κ1) is 13.8. The molecule has 1 unspecified atom stereocenters. The van der Waals surface area contributed by atoms with Crippen LogP contribution in [0.15, 0.2) is 0 Å². The number of carbonyl (C=O) groups is 1. The Bertz CT molecular complexity index is 166. The van der Waals surface area contributed by atoms with Crippen molar-refractivity contribution >= 4 is 17.7 Å². The summed E-state index contributed by atoms with van der Waals surface area (Å²) < 4.78 is -0.602. The van der Waals surface area contributed by atoms with Crippen molar-refractivity contribution in [3.8, 4) is 0 Å². The van der Waals surface area contributed by atoms with E-state index in [1.165, 1.54) is 11.8 Å². The minimum absolute atomic E-state index is 0.547. The van der Waals surface area contributed by atoms with Gasteiger partial charge in [0.1, 0.15) is 4.75 Å². The molecular formula is C10H21NO2S. The van der Waals surface area contributed by atoms with Gasteiger partial charge >= 0.3 is 5.97 Å². The van der Waals surface area contributed by atoms with Crippen LogP contribution in [0, 0.1) is 0 Å². The van der Waals surface area contributed by atoms with E-state index in [2.05, 4.69) is 6.92 Å². The Morgan fingerprint density at radius 2 is 2.14 bits per heavy atom. The summed E-state index contributed by atoms with van der Waals surface area (Å²) in [4.78, 5) is 11.2. The van der Waals surface area contributed by atoms with Crippen molar-refractivity contribution in [3.63, 3.8) is 0 Å². The average molecular weight is 219 g/mol. The van der Waals surface area contributed by atoms with E-state index in [0.717, 1.165) is 25.0 Å². The lowest BCUT2D eigenvalue weighted by molar-refractivity contribution is -0.140. The standard InChI is InChI=1S/C10H21NO2S/c1-3-5-6-10(4-2,9(12)13)14-8-7-11/h3-8,11H2,1-2H3,(H,12,13). The van der Waals surface area contributed by atoms with E-state index in [-0.39, 0.29) is 0 Å². The quantitative estimate of drug-likeness (QED) is 0.656. The highest BCUT2D eigenvalue weighted by Crippen LogP contribution is 2.34. The van der Waals surface area contributed by atoms with Crippen molar-refractivity contribution in [1.82, 2.24) is 0 Å². The summed E-state index contributed by atoms with van der Waals surface area (Å²) in [5, 5.41) is 9.22. The van der Waals surface area contributed by atoms with Crippen LogP contribution >= 0.6 is 11.8 Å². The lowest BCUT2D eigenvalue weighted by atomic mass is 9.98. The fourth-order valence-electron chi connectivity index (χ4n) is 1.39. The molecule has 0 bridgehead atoms. The molecule has 4 heteroatoms. The van der Waals surface area contributed by atoms with Crippen molar-refractivity contribution in [3.05, 3.63) is 0 Å². The first-order valence-corrected chi connectivity index (χ1v) is 6.19. The van der Waals surface area contributed by atoms with Crippen LogP contribution in [-0.2, 0) is 4.79 Å². The second-order valence-electron chi connectivity index (χ2n) is 3.39. The van der Waals surface area contributed by atoms with Gasteiger partial charge in [0.15, 0.2) is 0 Å². The van der Waals surface area contributed by atoms with Gasteiger partial charge in [0.05, 0.1) is 0 Å². The molecule has 0 aromatic carbocycles. The number of aliphatic carboxylic acids is 1. The highest BCUT2D eigenvalue weighted by Gasteiger charge is 2.36. The van der Waals surface area contributed by atoms with Crippen molar-refractivity contribution < 1.29 is 9.90 Å². The Labute approximate surface area is 90.4 Å². The number of thioether (sulfide) groups is 1. The van der Waals surface area contributed by atoms with Gasteiger partial charge in [0.25, 0.3) is 0 Å². The molecule has 0 heterocycles. The number of hydrogen-bond acceptors (Lipinski definition) is 3. The van der Waals surface area contributed by atoms with Crippen LogP contribution < -0.4 is 5.73 Å². The van der Waals surface area contributed by atoms with Crippen molar-refractivity contribution in [2.24, 2.45) is 5.73 Å². The van der Waals surface area contributed by atoms with Crippen LogP contribution in [0.1, 0.15) is 39.5 Å². The summed E-state index contributed by atoms with van der Waals surface area (Å²) in [6, 6.07) is 0. The molecule has 0 fully saturated rings. The van der Waals surface area contributed by atoms with Crippen LogP contribution in [0.25, 0.3) is 0 Å². The Morgan fingerprint density at radius 3 is 2.50 bits per heavy atom. The average Bonchev–Trinajstić information content (AvgIpc) is 2.18. The van der Waals surface area contributed by atoms with Crippen molar-refractivity contribution in [2.75, 3.05) is 12.3 Å². The van der Waals surface area contributed by atoms with E-state index in [1.807, 2.05) is 6.92 Å². The highest BCUT2D eigenvalue weighted by molar-refractivity contribution is 8.01. The number of hydrogen-bond donors (Lipinski definition) is 2. The van der Waals surface area contributed by atoms with Gasteiger partial charge in [0, 0.05) is 12.3 Å². The maximum atomic E-state index is 11.2. The summed E-state index contributed by atoms with van der Waals surface area (Å²) >= 11 is 1.49. The predicted molar refractivity (Wildman–Crippen MR) is 61.7 cm³/mol. The van der Waals surface area contributed by atoms with Gasteiger partial charge in [-0.2, -0.15) is 0 Å². The van der Waals surface area contributed by atoms with E-state index < -0.39 is 10.7 Å². The molecule has 3 N–H and O–H groups in total. The van der Waals surface area contributed by atoms with E-state index in [9.17, 15) is 9.90 Å². The Balaban J connectivity index is 4.35. The zero-order valence-electron chi connectivity index (χ0n) is 9.08. The zero-order valence-corrected chi connectivity index (χ0v) is 9.90. The fraction of sp³-hybridized carbons (Fsp3) is 0.900. The zero-order chi connectivity index (χ0) is 11.0. The second-order valence-corrected chi connectivity index (χ2v) is 4.87. The Hall–Kier alpha value is -0.220. The molecule has 84 valence electrons. The molecule has 1 atom stereocenters. The predicted octanol–water partition coefficient (Wildman–Crippen LogP) is 2.10. The summed E-state index contributed by atoms with van der Waals surface area (Å²) in [5.74, 6) is 0.0380. The maximum absolute atomic E-state index is 11.2. The molecule has 0 radical (unpaired) electrons. The normalized spacial score (nSPS) is 15.1. The number of carboxylic acid groups (broad SMARTS) is 1.